The molecule has 0 spiro atoms. The van der Waals surface area contributed by atoms with Crippen molar-refractivity contribution in [2.24, 2.45) is 0 Å². The molecule has 0 aliphatic carbocycles. The van der Waals surface area contributed by atoms with E-state index in [1.54, 1.807) is 0 Å². The summed E-state index contributed by atoms with van der Waals surface area (Å²) >= 11 is 5.75. The third-order valence-electron chi connectivity index (χ3n) is 4.89. The molecule has 1 aliphatic rings. The summed E-state index contributed by atoms with van der Waals surface area (Å²) in [6.45, 7) is 6.31. The number of H-pyrrole nitrogens is 1. The number of hydrogen-bond acceptors (Lipinski definition) is 2. The second-order valence-corrected chi connectivity index (χ2v) is 7.25. The molecule has 2 aromatic heterocycles. The van der Waals surface area contributed by atoms with Crippen LogP contribution in [0.4, 0.5) is 5.69 Å². The van der Waals surface area contributed by atoms with Gasteiger partial charge in [0.1, 0.15) is 0 Å². The van der Waals surface area contributed by atoms with Gasteiger partial charge in [0.2, 0.25) is 0 Å². The van der Waals surface area contributed by atoms with Crippen LogP contribution in [0.15, 0.2) is 54.7 Å². The van der Waals surface area contributed by atoms with Crippen LogP contribution in [-0.2, 0) is 0 Å². The fourth-order valence-electron chi connectivity index (χ4n) is 3.78. The van der Waals surface area contributed by atoms with Gasteiger partial charge < -0.3 is 15.2 Å². The predicted octanol–water partition coefficient (Wildman–Crippen LogP) is 4.51. The fraction of sp³-hybridized carbons (Fsp3) is 0.238. The van der Waals surface area contributed by atoms with Gasteiger partial charge in [-0.3, -0.25) is 4.98 Å². The Bertz CT molecular complexity index is 948. The number of pyridine rings is 1. The number of anilines is 1. The number of aromatic amines is 1. The van der Waals surface area contributed by atoms with Crippen molar-refractivity contribution >= 4 is 23.0 Å². The maximum absolute atomic E-state index is 5.75. The number of thiocarbonyl (C=S) groups is 1. The summed E-state index contributed by atoms with van der Waals surface area (Å²) in [5, 5.41) is 4.24. The van der Waals surface area contributed by atoms with Gasteiger partial charge >= 0.3 is 0 Å². The molecule has 2 N–H and O–H groups in total. The Morgan fingerprint density at radius 2 is 1.88 bits per heavy atom. The number of nitrogens with zero attached hydrogens (tertiary/aromatic N) is 2. The van der Waals surface area contributed by atoms with E-state index in [2.05, 4.69) is 77.4 Å². The zero-order valence-electron chi connectivity index (χ0n) is 15.2. The van der Waals surface area contributed by atoms with Gasteiger partial charge in [0.05, 0.1) is 17.8 Å². The highest BCUT2D eigenvalue weighted by molar-refractivity contribution is 7.80. The Morgan fingerprint density at radius 1 is 1.04 bits per heavy atom. The first-order chi connectivity index (χ1) is 12.5. The molecule has 2 atom stereocenters. The topological polar surface area (TPSA) is 44.0 Å². The molecule has 1 aromatic carbocycles. The molecule has 4 rings (SSSR count). The van der Waals surface area contributed by atoms with E-state index >= 15 is 0 Å². The monoisotopic (exact) mass is 362 g/mol. The fourth-order valence-corrected chi connectivity index (χ4v) is 4.13. The van der Waals surface area contributed by atoms with Gasteiger partial charge in [-0.25, -0.2) is 0 Å². The van der Waals surface area contributed by atoms with E-state index in [-0.39, 0.29) is 12.1 Å². The number of aryl methyl sites for hydroxylation is 3. The summed E-state index contributed by atoms with van der Waals surface area (Å²) in [5.41, 5.74) is 6.87. The van der Waals surface area contributed by atoms with Crippen molar-refractivity contribution in [3.8, 4) is 0 Å². The van der Waals surface area contributed by atoms with Gasteiger partial charge in [-0.2, -0.15) is 0 Å². The molecule has 132 valence electrons. The molecule has 0 unspecified atom stereocenters. The zero-order chi connectivity index (χ0) is 18.3. The molecule has 3 heterocycles. The van der Waals surface area contributed by atoms with Crippen molar-refractivity contribution < 1.29 is 0 Å². The van der Waals surface area contributed by atoms with Crippen LogP contribution in [0.2, 0.25) is 0 Å². The molecule has 1 saturated heterocycles. The van der Waals surface area contributed by atoms with Gasteiger partial charge in [0.25, 0.3) is 0 Å². The van der Waals surface area contributed by atoms with E-state index in [0.717, 1.165) is 27.9 Å². The van der Waals surface area contributed by atoms with Crippen LogP contribution in [0.5, 0.6) is 0 Å². The summed E-state index contributed by atoms with van der Waals surface area (Å²) in [4.78, 5) is 10.3. The first-order valence-electron chi connectivity index (χ1n) is 8.78. The number of rotatable bonds is 3. The molecule has 1 aliphatic heterocycles. The number of aromatic nitrogens is 2. The molecule has 4 nitrogen and oxygen atoms in total. The quantitative estimate of drug-likeness (QED) is 0.673. The Balaban J connectivity index is 1.87. The van der Waals surface area contributed by atoms with Gasteiger partial charge in [-0.05, 0) is 74.4 Å². The lowest BCUT2D eigenvalue weighted by atomic mass is 9.96. The second-order valence-electron chi connectivity index (χ2n) is 6.87. The molecule has 0 bridgehead atoms. The van der Waals surface area contributed by atoms with Crippen LogP contribution in [0.3, 0.4) is 0 Å². The van der Waals surface area contributed by atoms with E-state index in [4.69, 9.17) is 12.2 Å². The molecule has 3 aromatic rings. The van der Waals surface area contributed by atoms with Crippen LogP contribution in [-0.4, -0.2) is 15.1 Å². The third kappa shape index (κ3) is 2.88. The van der Waals surface area contributed by atoms with E-state index in [0.29, 0.717) is 0 Å². The van der Waals surface area contributed by atoms with Crippen molar-refractivity contribution in [1.82, 2.24) is 15.3 Å². The van der Waals surface area contributed by atoms with E-state index in [9.17, 15) is 0 Å². The minimum absolute atomic E-state index is 0.00175. The summed E-state index contributed by atoms with van der Waals surface area (Å²) in [6, 6.07) is 16.8. The van der Waals surface area contributed by atoms with Crippen LogP contribution >= 0.6 is 12.2 Å². The highest BCUT2D eigenvalue weighted by atomic mass is 32.1. The Morgan fingerprint density at radius 3 is 2.54 bits per heavy atom. The average Bonchev–Trinajstić information content (AvgIpc) is 3.14. The van der Waals surface area contributed by atoms with Gasteiger partial charge in [0, 0.05) is 23.3 Å². The van der Waals surface area contributed by atoms with Gasteiger partial charge in [-0.15, -0.1) is 0 Å². The smallest absolute Gasteiger partial charge is 0.174 e. The Labute approximate surface area is 159 Å². The van der Waals surface area contributed by atoms with Crippen molar-refractivity contribution in [2.75, 3.05) is 4.90 Å². The van der Waals surface area contributed by atoms with Crippen LogP contribution in [0, 0.1) is 20.8 Å². The van der Waals surface area contributed by atoms with Crippen molar-refractivity contribution in [3.63, 3.8) is 0 Å². The lowest BCUT2D eigenvalue weighted by molar-refractivity contribution is 0.566. The summed E-state index contributed by atoms with van der Waals surface area (Å²) < 4.78 is 0. The van der Waals surface area contributed by atoms with Gasteiger partial charge in [0.15, 0.2) is 5.11 Å². The Kier molecular flexibility index (Phi) is 4.24. The van der Waals surface area contributed by atoms with E-state index < -0.39 is 0 Å². The summed E-state index contributed by atoms with van der Waals surface area (Å²) in [6.07, 6.45) is 1.83. The second kappa shape index (κ2) is 6.57. The average molecular weight is 363 g/mol. The number of benzene rings is 1. The number of hydrogen-bond donors (Lipinski definition) is 2. The van der Waals surface area contributed by atoms with E-state index in [1.807, 2.05) is 18.3 Å². The molecule has 0 amide bonds. The minimum Gasteiger partial charge on any atom is -0.362 e. The first kappa shape index (κ1) is 16.8. The maximum Gasteiger partial charge on any atom is 0.174 e. The van der Waals surface area contributed by atoms with Crippen LogP contribution in [0.1, 0.15) is 40.3 Å². The molecule has 0 saturated carbocycles. The molecule has 26 heavy (non-hydrogen) atoms. The summed E-state index contributed by atoms with van der Waals surface area (Å²) in [7, 11) is 0. The van der Waals surface area contributed by atoms with Gasteiger partial charge in [-0.1, -0.05) is 18.2 Å². The number of nitrogens with one attached hydrogen (secondary N) is 2. The minimum atomic E-state index is -0.00175. The summed E-state index contributed by atoms with van der Waals surface area (Å²) in [5.74, 6) is 0. The third-order valence-corrected chi connectivity index (χ3v) is 5.20. The predicted molar refractivity (Wildman–Crippen MR) is 109 cm³/mol. The zero-order valence-corrected chi connectivity index (χ0v) is 16.0. The Hall–Kier alpha value is -2.66. The largest absolute Gasteiger partial charge is 0.362 e. The van der Waals surface area contributed by atoms with Crippen LogP contribution in [0.25, 0.3) is 0 Å². The SMILES string of the molecule is Cc1cccc(N2C(=S)N[C@H](c3ccccn3)[C@@H]2c2cc(C)[nH]c2C)c1. The molecule has 1 fully saturated rings. The maximum atomic E-state index is 5.75. The van der Waals surface area contributed by atoms with E-state index in [1.165, 1.54) is 11.1 Å². The standard InChI is InChI=1S/C21H22N4S/c1-13-7-6-8-16(11-13)25-20(17-12-14(2)23-15(17)3)19(24-21(25)26)18-9-4-5-10-22-18/h4-12,19-20,23H,1-3H3,(H,24,26)/t19-,20+/m1/s1. The molecular formula is C21H22N4S. The van der Waals surface area contributed by atoms with Crippen LogP contribution < -0.4 is 10.2 Å². The normalized spacial score (nSPS) is 19.7. The lowest BCUT2D eigenvalue weighted by Crippen LogP contribution is -2.29. The first-order valence-corrected chi connectivity index (χ1v) is 9.19. The lowest BCUT2D eigenvalue weighted by Gasteiger charge is -2.28. The molecule has 0 radical (unpaired) electrons. The van der Waals surface area contributed by atoms with Crippen molar-refractivity contribution in [2.45, 2.75) is 32.9 Å². The van der Waals surface area contributed by atoms with Crippen molar-refractivity contribution in [1.29, 1.82) is 0 Å². The molecular weight excluding hydrogens is 340 g/mol. The highest BCUT2D eigenvalue weighted by Gasteiger charge is 2.41. The van der Waals surface area contributed by atoms with Crippen molar-refractivity contribution in [3.05, 3.63) is 82.9 Å². The molecule has 5 heteroatoms. The highest BCUT2D eigenvalue weighted by Crippen LogP contribution is 2.42.